The summed E-state index contributed by atoms with van der Waals surface area (Å²) in [5.41, 5.74) is 1.26. The molecule has 0 bridgehead atoms. The van der Waals surface area contributed by atoms with Gasteiger partial charge in [0.05, 0.1) is 35.6 Å². The number of rotatable bonds is 4. The van der Waals surface area contributed by atoms with Gasteiger partial charge in [-0.2, -0.15) is 5.10 Å². The maximum absolute atomic E-state index is 5.10. The standard InChI is InChI=1S/C11H18BrN3O/c1-16-7-6-15-11(9(12)8-14-15)10-4-2-3-5-13-10/h8,10,13H,2-7H2,1H3. The number of nitrogens with one attached hydrogen (secondary N) is 1. The fourth-order valence-corrected chi connectivity index (χ4v) is 2.73. The summed E-state index contributed by atoms with van der Waals surface area (Å²) in [4.78, 5) is 0. The van der Waals surface area contributed by atoms with E-state index in [0.717, 1.165) is 17.6 Å². The lowest BCUT2D eigenvalue weighted by Gasteiger charge is -2.24. The molecule has 1 aliphatic rings. The highest BCUT2D eigenvalue weighted by molar-refractivity contribution is 9.10. The smallest absolute Gasteiger partial charge is 0.0696 e. The van der Waals surface area contributed by atoms with E-state index in [9.17, 15) is 0 Å². The van der Waals surface area contributed by atoms with E-state index >= 15 is 0 Å². The van der Waals surface area contributed by atoms with Gasteiger partial charge >= 0.3 is 0 Å². The first-order chi connectivity index (χ1) is 7.83. The van der Waals surface area contributed by atoms with Gasteiger partial charge in [0, 0.05) is 7.11 Å². The van der Waals surface area contributed by atoms with Crippen LogP contribution in [-0.4, -0.2) is 30.0 Å². The second kappa shape index (κ2) is 5.80. The van der Waals surface area contributed by atoms with Crippen LogP contribution in [0.1, 0.15) is 31.0 Å². The van der Waals surface area contributed by atoms with E-state index in [2.05, 4.69) is 26.3 Å². The molecule has 0 amide bonds. The van der Waals surface area contributed by atoms with Gasteiger partial charge in [0.25, 0.3) is 0 Å². The molecule has 0 saturated carbocycles. The lowest BCUT2D eigenvalue weighted by molar-refractivity contribution is 0.181. The van der Waals surface area contributed by atoms with Gasteiger partial charge in [-0.05, 0) is 35.3 Å². The molecule has 16 heavy (non-hydrogen) atoms. The largest absolute Gasteiger partial charge is 0.383 e. The Morgan fingerprint density at radius 2 is 2.50 bits per heavy atom. The Hall–Kier alpha value is -0.390. The van der Waals surface area contributed by atoms with Crippen molar-refractivity contribution >= 4 is 15.9 Å². The van der Waals surface area contributed by atoms with Crippen LogP contribution in [0.5, 0.6) is 0 Å². The Labute approximate surface area is 104 Å². The van der Waals surface area contributed by atoms with Gasteiger partial charge in [-0.25, -0.2) is 0 Å². The minimum Gasteiger partial charge on any atom is -0.383 e. The molecule has 1 aromatic heterocycles. The second-order valence-corrected chi connectivity index (χ2v) is 4.95. The van der Waals surface area contributed by atoms with Crippen molar-refractivity contribution < 1.29 is 4.74 Å². The topological polar surface area (TPSA) is 39.1 Å². The van der Waals surface area contributed by atoms with Crippen molar-refractivity contribution in [1.82, 2.24) is 15.1 Å². The number of nitrogens with zero attached hydrogens (tertiary/aromatic N) is 2. The number of methoxy groups -OCH3 is 1. The summed E-state index contributed by atoms with van der Waals surface area (Å²) >= 11 is 3.58. The maximum atomic E-state index is 5.10. The Kier molecular flexibility index (Phi) is 4.37. The predicted octanol–water partition coefficient (Wildman–Crippen LogP) is 2.11. The van der Waals surface area contributed by atoms with Gasteiger partial charge in [0.1, 0.15) is 0 Å². The summed E-state index contributed by atoms with van der Waals surface area (Å²) in [5, 5.41) is 7.93. The number of halogens is 1. The van der Waals surface area contributed by atoms with Crippen LogP contribution in [0.2, 0.25) is 0 Å². The first-order valence-corrected chi connectivity index (χ1v) is 6.55. The van der Waals surface area contributed by atoms with Crippen LogP contribution < -0.4 is 5.32 Å². The normalized spacial score (nSPS) is 21.2. The summed E-state index contributed by atoms with van der Waals surface area (Å²) in [6.07, 6.45) is 5.64. The molecule has 90 valence electrons. The number of hydrogen-bond donors (Lipinski definition) is 1. The number of ether oxygens (including phenoxy) is 1. The third-order valence-electron chi connectivity index (χ3n) is 2.98. The zero-order chi connectivity index (χ0) is 11.4. The van der Waals surface area contributed by atoms with E-state index < -0.39 is 0 Å². The average Bonchev–Trinajstić information content (AvgIpc) is 2.69. The van der Waals surface area contributed by atoms with Gasteiger partial charge in [0.2, 0.25) is 0 Å². The summed E-state index contributed by atoms with van der Waals surface area (Å²) in [5.74, 6) is 0. The molecule has 1 N–H and O–H groups in total. The molecule has 0 spiro atoms. The molecular weight excluding hydrogens is 270 g/mol. The van der Waals surface area contributed by atoms with Crippen molar-refractivity contribution in [2.45, 2.75) is 31.8 Å². The van der Waals surface area contributed by atoms with E-state index in [1.165, 1.54) is 25.0 Å². The predicted molar refractivity (Wildman–Crippen MR) is 66.4 cm³/mol. The zero-order valence-corrected chi connectivity index (χ0v) is 11.2. The highest BCUT2D eigenvalue weighted by Crippen LogP contribution is 2.28. The van der Waals surface area contributed by atoms with Crippen molar-refractivity contribution in [3.05, 3.63) is 16.4 Å². The molecular formula is C11H18BrN3O. The maximum Gasteiger partial charge on any atom is 0.0696 e. The number of aromatic nitrogens is 2. The summed E-state index contributed by atoms with van der Waals surface area (Å²) < 4.78 is 8.24. The Bertz CT molecular complexity index is 334. The quantitative estimate of drug-likeness (QED) is 0.922. The molecule has 0 radical (unpaired) electrons. The highest BCUT2D eigenvalue weighted by Gasteiger charge is 2.21. The second-order valence-electron chi connectivity index (χ2n) is 4.10. The lowest BCUT2D eigenvalue weighted by Crippen LogP contribution is -2.29. The van der Waals surface area contributed by atoms with Crippen molar-refractivity contribution in [2.75, 3.05) is 20.3 Å². The molecule has 1 aromatic rings. The first-order valence-electron chi connectivity index (χ1n) is 5.76. The molecule has 2 heterocycles. The Morgan fingerprint density at radius 1 is 1.62 bits per heavy atom. The molecule has 0 aromatic carbocycles. The summed E-state index contributed by atoms with van der Waals surface area (Å²) in [6, 6.07) is 0.433. The molecule has 0 aliphatic carbocycles. The van der Waals surface area contributed by atoms with Crippen molar-refractivity contribution in [3.63, 3.8) is 0 Å². The molecule has 1 aliphatic heterocycles. The van der Waals surface area contributed by atoms with Crippen LogP contribution >= 0.6 is 15.9 Å². The van der Waals surface area contributed by atoms with Gasteiger partial charge in [0.15, 0.2) is 0 Å². The lowest BCUT2D eigenvalue weighted by atomic mass is 10.0. The van der Waals surface area contributed by atoms with Gasteiger partial charge < -0.3 is 10.1 Å². The molecule has 1 atom stereocenters. The van der Waals surface area contributed by atoms with Crippen LogP contribution in [0.25, 0.3) is 0 Å². The zero-order valence-electron chi connectivity index (χ0n) is 9.58. The van der Waals surface area contributed by atoms with Crippen LogP contribution in [0.15, 0.2) is 10.7 Å². The molecule has 5 heteroatoms. The van der Waals surface area contributed by atoms with E-state index in [0.29, 0.717) is 12.6 Å². The third kappa shape index (κ3) is 2.64. The van der Waals surface area contributed by atoms with Gasteiger partial charge in [-0.1, -0.05) is 6.42 Å². The highest BCUT2D eigenvalue weighted by atomic mass is 79.9. The van der Waals surface area contributed by atoms with Crippen molar-refractivity contribution in [2.24, 2.45) is 0 Å². The van der Waals surface area contributed by atoms with Crippen LogP contribution in [0, 0.1) is 0 Å². The van der Waals surface area contributed by atoms with Crippen molar-refractivity contribution in [1.29, 1.82) is 0 Å². The Balaban J connectivity index is 2.13. The molecule has 1 unspecified atom stereocenters. The fraction of sp³-hybridized carbons (Fsp3) is 0.727. The van der Waals surface area contributed by atoms with E-state index in [1.54, 1.807) is 7.11 Å². The molecule has 2 rings (SSSR count). The van der Waals surface area contributed by atoms with Crippen molar-refractivity contribution in [3.8, 4) is 0 Å². The minimum atomic E-state index is 0.433. The van der Waals surface area contributed by atoms with E-state index in [-0.39, 0.29) is 0 Å². The van der Waals surface area contributed by atoms with Crippen LogP contribution in [-0.2, 0) is 11.3 Å². The van der Waals surface area contributed by atoms with E-state index in [4.69, 9.17) is 4.74 Å². The molecule has 1 saturated heterocycles. The minimum absolute atomic E-state index is 0.433. The monoisotopic (exact) mass is 287 g/mol. The Morgan fingerprint density at radius 3 is 3.19 bits per heavy atom. The first kappa shape index (κ1) is 12.1. The average molecular weight is 288 g/mol. The molecule has 4 nitrogen and oxygen atoms in total. The van der Waals surface area contributed by atoms with Crippen LogP contribution in [0.4, 0.5) is 0 Å². The number of hydrogen-bond acceptors (Lipinski definition) is 3. The third-order valence-corrected chi connectivity index (χ3v) is 3.59. The van der Waals surface area contributed by atoms with Gasteiger partial charge in [-0.3, -0.25) is 4.68 Å². The summed E-state index contributed by atoms with van der Waals surface area (Å²) in [7, 11) is 1.72. The van der Waals surface area contributed by atoms with Crippen LogP contribution in [0.3, 0.4) is 0 Å². The van der Waals surface area contributed by atoms with E-state index in [1.807, 2.05) is 10.9 Å². The molecule has 1 fully saturated rings. The van der Waals surface area contributed by atoms with Gasteiger partial charge in [-0.15, -0.1) is 0 Å². The SMILES string of the molecule is COCCn1ncc(Br)c1C1CCCCN1. The fourth-order valence-electron chi connectivity index (χ4n) is 2.16. The number of piperidine rings is 1. The summed E-state index contributed by atoms with van der Waals surface area (Å²) in [6.45, 7) is 2.62.